The van der Waals surface area contributed by atoms with Gasteiger partial charge in [0.1, 0.15) is 16.7 Å². The normalized spacial score (nSPS) is 8.44. The van der Waals surface area contributed by atoms with Gasteiger partial charge in [-0.1, -0.05) is 0 Å². The first-order chi connectivity index (χ1) is 4.38. The van der Waals surface area contributed by atoms with Crippen LogP contribution in [-0.2, 0) is 0 Å². The third kappa shape index (κ3) is 1.03. The van der Waals surface area contributed by atoms with Gasteiger partial charge in [-0.25, -0.2) is 0 Å². The van der Waals surface area contributed by atoms with Crippen LogP contribution in [0, 0.1) is 11.3 Å². The molecule has 46 valence electrons. The molecule has 1 aromatic rings. The number of hydrogen-bond donors (Lipinski definition) is 0. The molecule has 9 heavy (non-hydrogen) atoms. The number of methoxy groups -OCH3 is 1. The van der Waals surface area contributed by atoms with E-state index in [9.17, 15) is 0 Å². The molecule has 0 bridgehead atoms. The molecule has 3 heteroatoms. The Morgan fingerprint density at radius 1 is 1.78 bits per heavy atom. The Morgan fingerprint density at radius 3 is 3.00 bits per heavy atom. The van der Waals surface area contributed by atoms with Gasteiger partial charge in [0.25, 0.3) is 0 Å². The molecule has 1 rings (SSSR count). The largest absolute Gasteiger partial charge is 0.494 e. The van der Waals surface area contributed by atoms with Crippen molar-refractivity contribution in [1.29, 1.82) is 5.26 Å². The summed E-state index contributed by atoms with van der Waals surface area (Å²) in [6.07, 6.45) is 0. The molecule has 0 aliphatic carbocycles. The fraction of sp³-hybridized carbons (Fsp3) is 0.167. The molecule has 1 aromatic heterocycles. The van der Waals surface area contributed by atoms with Gasteiger partial charge in [-0.2, -0.15) is 5.26 Å². The monoisotopic (exact) mass is 139 g/mol. The van der Waals surface area contributed by atoms with Gasteiger partial charge in [-0.05, 0) is 11.4 Å². The molecule has 2 nitrogen and oxygen atoms in total. The van der Waals surface area contributed by atoms with Crippen LogP contribution in [0.2, 0.25) is 0 Å². The van der Waals surface area contributed by atoms with E-state index >= 15 is 0 Å². The Bertz CT molecular complexity index is 235. The first kappa shape index (κ1) is 6.12. The number of nitrogens with zero attached hydrogens (tertiary/aromatic N) is 1. The molecule has 0 saturated carbocycles. The van der Waals surface area contributed by atoms with E-state index in [2.05, 4.69) is 0 Å². The van der Waals surface area contributed by atoms with E-state index in [4.69, 9.17) is 10.00 Å². The summed E-state index contributed by atoms with van der Waals surface area (Å²) in [6, 6.07) is 3.80. The molecule has 0 atom stereocenters. The van der Waals surface area contributed by atoms with Crippen LogP contribution in [-0.4, -0.2) is 7.11 Å². The summed E-state index contributed by atoms with van der Waals surface area (Å²) in [5.74, 6) is 0.669. The summed E-state index contributed by atoms with van der Waals surface area (Å²) in [7, 11) is 1.56. The van der Waals surface area contributed by atoms with Crippen molar-refractivity contribution in [2.45, 2.75) is 0 Å². The molecule has 0 aliphatic rings. The number of thiophene rings is 1. The van der Waals surface area contributed by atoms with Crippen molar-refractivity contribution < 1.29 is 4.74 Å². The van der Waals surface area contributed by atoms with Crippen LogP contribution in [0.25, 0.3) is 0 Å². The van der Waals surface area contributed by atoms with Gasteiger partial charge >= 0.3 is 0 Å². The average Bonchev–Trinajstić information content (AvgIpc) is 2.33. The van der Waals surface area contributed by atoms with Gasteiger partial charge in [0, 0.05) is 0 Å². The first-order valence-electron chi connectivity index (χ1n) is 2.40. The maximum atomic E-state index is 8.42. The highest BCUT2D eigenvalue weighted by atomic mass is 32.1. The van der Waals surface area contributed by atoms with Crippen molar-refractivity contribution in [3.8, 4) is 11.8 Å². The Labute approximate surface area is 57.3 Å². The average molecular weight is 139 g/mol. The molecular weight excluding hydrogens is 134 g/mol. The fourth-order valence-corrected chi connectivity index (χ4v) is 1.19. The minimum atomic E-state index is 0.637. The van der Waals surface area contributed by atoms with Crippen molar-refractivity contribution in [1.82, 2.24) is 0 Å². The maximum Gasteiger partial charge on any atom is 0.147 e. The third-order valence-corrected chi connectivity index (χ3v) is 1.75. The second-order valence-corrected chi connectivity index (χ2v) is 2.35. The topological polar surface area (TPSA) is 33.0 Å². The zero-order valence-corrected chi connectivity index (χ0v) is 5.73. The highest BCUT2D eigenvalue weighted by Crippen LogP contribution is 2.22. The maximum absolute atomic E-state index is 8.42. The zero-order chi connectivity index (χ0) is 6.69. The zero-order valence-electron chi connectivity index (χ0n) is 4.92. The Morgan fingerprint density at radius 2 is 2.56 bits per heavy atom. The van der Waals surface area contributed by atoms with Crippen molar-refractivity contribution in [2.24, 2.45) is 0 Å². The lowest BCUT2D eigenvalue weighted by Gasteiger charge is -1.90. The van der Waals surface area contributed by atoms with Crippen LogP contribution in [0.1, 0.15) is 4.88 Å². The molecule has 0 radical (unpaired) electrons. The quantitative estimate of drug-likeness (QED) is 0.592. The summed E-state index contributed by atoms with van der Waals surface area (Å²) >= 11 is 1.39. The molecule has 0 N–H and O–H groups in total. The van der Waals surface area contributed by atoms with Gasteiger partial charge in [0.05, 0.1) is 7.11 Å². The molecule has 0 aromatic carbocycles. The SMILES string of the molecule is COc1ccsc1C#N. The van der Waals surface area contributed by atoms with Crippen molar-refractivity contribution in [2.75, 3.05) is 7.11 Å². The van der Waals surface area contributed by atoms with Crippen LogP contribution >= 0.6 is 11.3 Å². The number of rotatable bonds is 1. The van der Waals surface area contributed by atoms with Gasteiger partial charge < -0.3 is 4.74 Å². The Balaban J connectivity index is 3.02. The van der Waals surface area contributed by atoms with E-state index in [1.807, 2.05) is 11.4 Å². The van der Waals surface area contributed by atoms with E-state index in [-0.39, 0.29) is 0 Å². The molecule has 0 saturated heterocycles. The van der Waals surface area contributed by atoms with Crippen LogP contribution in [0.15, 0.2) is 11.4 Å². The Kier molecular flexibility index (Phi) is 1.71. The third-order valence-electron chi connectivity index (χ3n) is 0.951. The summed E-state index contributed by atoms with van der Waals surface area (Å²) in [4.78, 5) is 0.637. The van der Waals surface area contributed by atoms with Crippen LogP contribution < -0.4 is 4.74 Å². The molecule has 0 fully saturated rings. The summed E-state index contributed by atoms with van der Waals surface area (Å²) in [6.45, 7) is 0. The lowest BCUT2D eigenvalue weighted by molar-refractivity contribution is 0.415. The lowest BCUT2D eigenvalue weighted by Crippen LogP contribution is -1.79. The van der Waals surface area contributed by atoms with Gasteiger partial charge in [0.2, 0.25) is 0 Å². The summed E-state index contributed by atoms with van der Waals surface area (Å²) in [5.41, 5.74) is 0. The van der Waals surface area contributed by atoms with Gasteiger partial charge in [-0.3, -0.25) is 0 Å². The molecule has 0 spiro atoms. The minimum absolute atomic E-state index is 0.637. The highest BCUT2D eigenvalue weighted by Gasteiger charge is 1.99. The smallest absolute Gasteiger partial charge is 0.147 e. The van der Waals surface area contributed by atoms with E-state index in [0.717, 1.165) is 0 Å². The lowest BCUT2D eigenvalue weighted by atomic mass is 10.5. The molecule has 0 aliphatic heterocycles. The van der Waals surface area contributed by atoms with Gasteiger partial charge in [0.15, 0.2) is 0 Å². The van der Waals surface area contributed by atoms with Crippen LogP contribution in [0.5, 0.6) is 5.75 Å². The molecular formula is C6H5NOS. The van der Waals surface area contributed by atoms with E-state index < -0.39 is 0 Å². The van der Waals surface area contributed by atoms with Crippen molar-refractivity contribution in [3.05, 3.63) is 16.3 Å². The summed E-state index contributed by atoms with van der Waals surface area (Å²) < 4.78 is 4.86. The second-order valence-electron chi connectivity index (χ2n) is 1.43. The fourth-order valence-electron chi connectivity index (χ4n) is 0.540. The van der Waals surface area contributed by atoms with E-state index in [1.54, 1.807) is 13.2 Å². The van der Waals surface area contributed by atoms with Crippen molar-refractivity contribution in [3.63, 3.8) is 0 Å². The number of hydrogen-bond acceptors (Lipinski definition) is 3. The van der Waals surface area contributed by atoms with Gasteiger partial charge in [-0.15, -0.1) is 11.3 Å². The number of ether oxygens (including phenoxy) is 1. The highest BCUT2D eigenvalue weighted by molar-refractivity contribution is 7.10. The molecule has 1 heterocycles. The Hall–Kier alpha value is -1.01. The predicted octanol–water partition coefficient (Wildman–Crippen LogP) is 1.63. The van der Waals surface area contributed by atoms with Crippen LogP contribution in [0.3, 0.4) is 0 Å². The number of nitriles is 1. The first-order valence-corrected chi connectivity index (χ1v) is 3.28. The second kappa shape index (κ2) is 2.51. The van der Waals surface area contributed by atoms with Crippen LogP contribution in [0.4, 0.5) is 0 Å². The van der Waals surface area contributed by atoms with Crippen molar-refractivity contribution >= 4 is 11.3 Å². The minimum Gasteiger partial charge on any atom is -0.494 e. The molecule has 0 unspecified atom stereocenters. The molecule has 0 amide bonds. The van der Waals surface area contributed by atoms with E-state index in [0.29, 0.717) is 10.6 Å². The summed E-state index contributed by atoms with van der Waals surface area (Å²) in [5, 5.41) is 10.2. The van der Waals surface area contributed by atoms with E-state index in [1.165, 1.54) is 11.3 Å². The standard InChI is InChI=1S/C6H5NOS/c1-8-5-2-3-9-6(5)4-7/h2-3H,1H3. The predicted molar refractivity (Wildman–Crippen MR) is 35.6 cm³/mol.